The maximum absolute atomic E-state index is 14.3. The standard InChI is InChI=1S/C47H81N13O13/c1-10-25(7)37(50)45(70)58-31(17-24(5)6)42(67)55-30(16-23(3)4)41(66)57-33(19-35(49)61)43(68)54-29(14-12-13-15-48)39(64)56-32(18-28-21-51-22-52-28)44(69)60-38(26(8)11-2)46(71)59-34(20-36(62)63)40(65)53-27(9)47(72)73/h21-27,29-34,37-38H,10-20,48,50H2,1-9H3,(H2,49,61)(H,51,52)(H,53,65)(H,54,68)(H,55,67)(H,56,64)(H,57,66)(H,58,70)(H,59,71)(H,60,69)(H,62,63)(H,72,73)/t25-,26-,27-,29-,30-,31-,32-,33-,34-,37-,38-/m0/s1. The van der Waals surface area contributed by atoms with Gasteiger partial charge in [-0.25, -0.2) is 4.98 Å². The summed E-state index contributed by atoms with van der Waals surface area (Å²) < 4.78 is 0. The van der Waals surface area contributed by atoms with Gasteiger partial charge in [-0.3, -0.25) is 52.7 Å². The molecular formula is C47H81N13O13. The fourth-order valence-corrected chi connectivity index (χ4v) is 7.25. The number of nitrogens with zero attached hydrogens (tertiary/aromatic N) is 1. The summed E-state index contributed by atoms with van der Waals surface area (Å²) >= 11 is 0. The van der Waals surface area contributed by atoms with Crippen molar-refractivity contribution in [1.82, 2.24) is 52.5 Å². The van der Waals surface area contributed by atoms with Gasteiger partial charge in [-0.05, 0) is 69.2 Å². The number of carboxylic acid groups (broad SMARTS) is 2. The molecule has 0 spiro atoms. The second-order valence-corrected chi connectivity index (χ2v) is 19.3. The number of carbonyl (C=O) groups is 11. The molecule has 1 rings (SSSR count). The molecule has 11 atom stereocenters. The van der Waals surface area contributed by atoms with Gasteiger partial charge in [-0.1, -0.05) is 68.2 Å². The lowest BCUT2D eigenvalue weighted by Crippen LogP contribution is -2.61. The van der Waals surface area contributed by atoms with Crippen LogP contribution in [0.2, 0.25) is 0 Å². The van der Waals surface area contributed by atoms with Crippen LogP contribution in [0.25, 0.3) is 0 Å². The van der Waals surface area contributed by atoms with E-state index >= 15 is 0 Å². The van der Waals surface area contributed by atoms with Crippen molar-refractivity contribution in [2.24, 2.45) is 40.9 Å². The molecule has 0 unspecified atom stereocenters. The zero-order valence-electron chi connectivity index (χ0n) is 43.5. The van der Waals surface area contributed by atoms with Gasteiger partial charge in [0.25, 0.3) is 0 Å². The van der Waals surface area contributed by atoms with E-state index in [-0.39, 0.29) is 62.8 Å². The number of hydrogen-bond donors (Lipinski definition) is 14. The monoisotopic (exact) mass is 1040 g/mol. The van der Waals surface area contributed by atoms with E-state index in [4.69, 9.17) is 17.2 Å². The van der Waals surface area contributed by atoms with Crippen molar-refractivity contribution >= 4 is 65.1 Å². The van der Waals surface area contributed by atoms with Gasteiger partial charge in [0, 0.05) is 18.3 Å². The van der Waals surface area contributed by atoms with Crippen LogP contribution in [0.1, 0.15) is 126 Å². The summed E-state index contributed by atoms with van der Waals surface area (Å²) in [6, 6.07) is -12.5. The molecule has 412 valence electrons. The third kappa shape index (κ3) is 23.6. The Kier molecular flexibility index (Phi) is 28.5. The Morgan fingerprint density at radius 3 is 1.51 bits per heavy atom. The van der Waals surface area contributed by atoms with Crippen molar-refractivity contribution in [2.75, 3.05) is 6.54 Å². The van der Waals surface area contributed by atoms with E-state index in [2.05, 4.69) is 52.5 Å². The van der Waals surface area contributed by atoms with E-state index < -0.39 is 138 Å². The fourth-order valence-electron chi connectivity index (χ4n) is 7.25. The first-order chi connectivity index (χ1) is 34.1. The second-order valence-electron chi connectivity index (χ2n) is 19.3. The first-order valence-corrected chi connectivity index (χ1v) is 24.7. The number of primary amides is 1. The minimum Gasteiger partial charge on any atom is -0.481 e. The van der Waals surface area contributed by atoms with Crippen molar-refractivity contribution in [1.29, 1.82) is 0 Å². The third-order valence-electron chi connectivity index (χ3n) is 12.0. The Bertz CT molecular complexity index is 2020. The molecule has 0 aliphatic rings. The number of nitrogens with one attached hydrogen (secondary N) is 9. The Hall–Kier alpha value is -6.70. The summed E-state index contributed by atoms with van der Waals surface area (Å²) in [5.41, 5.74) is 17.8. The Labute approximate surface area is 426 Å². The minimum absolute atomic E-state index is 0.0605. The highest BCUT2D eigenvalue weighted by atomic mass is 16.4. The number of H-pyrrole nitrogens is 1. The van der Waals surface area contributed by atoms with Gasteiger partial charge in [0.2, 0.25) is 53.2 Å². The van der Waals surface area contributed by atoms with E-state index in [1.807, 2.05) is 20.8 Å². The van der Waals surface area contributed by atoms with Crippen molar-refractivity contribution in [3.8, 4) is 0 Å². The average Bonchev–Trinajstić information content (AvgIpc) is 3.83. The molecule has 0 saturated carbocycles. The molecule has 26 heteroatoms. The molecule has 0 saturated heterocycles. The first kappa shape index (κ1) is 64.3. The lowest BCUT2D eigenvalue weighted by molar-refractivity contribution is -0.143. The zero-order chi connectivity index (χ0) is 55.7. The predicted octanol–water partition coefficient (Wildman–Crippen LogP) is -2.07. The van der Waals surface area contributed by atoms with Crippen LogP contribution in [-0.2, 0) is 59.2 Å². The van der Waals surface area contributed by atoms with E-state index in [9.17, 15) is 63.0 Å². The molecule has 0 bridgehead atoms. The lowest BCUT2D eigenvalue weighted by atomic mass is 9.96. The van der Waals surface area contributed by atoms with E-state index in [1.165, 1.54) is 12.5 Å². The highest BCUT2D eigenvalue weighted by Gasteiger charge is 2.37. The lowest BCUT2D eigenvalue weighted by Gasteiger charge is -2.29. The van der Waals surface area contributed by atoms with Gasteiger partial charge in [-0.2, -0.15) is 0 Å². The highest BCUT2D eigenvalue weighted by molar-refractivity contribution is 5.99. The molecule has 0 aliphatic heterocycles. The van der Waals surface area contributed by atoms with E-state index in [1.54, 1.807) is 34.6 Å². The Morgan fingerprint density at radius 1 is 0.575 bits per heavy atom. The normalized spacial score (nSPS) is 15.8. The second kappa shape index (κ2) is 32.4. The van der Waals surface area contributed by atoms with Crippen LogP contribution in [0.15, 0.2) is 12.5 Å². The first-order valence-electron chi connectivity index (χ1n) is 24.7. The van der Waals surface area contributed by atoms with Crippen LogP contribution in [0.3, 0.4) is 0 Å². The summed E-state index contributed by atoms with van der Waals surface area (Å²) in [6.07, 6.45) is 2.50. The molecule has 9 amide bonds. The molecule has 0 aromatic carbocycles. The largest absolute Gasteiger partial charge is 0.481 e. The molecule has 0 aliphatic carbocycles. The topological polar surface area (TPSA) is 431 Å². The number of aliphatic carboxylic acids is 2. The van der Waals surface area contributed by atoms with Crippen LogP contribution < -0.4 is 59.7 Å². The summed E-state index contributed by atoms with van der Waals surface area (Å²) in [7, 11) is 0. The third-order valence-corrected chi connectivity index (χ3v) is 12.0. The van der Waals surface area contributed by atoms with Crippen molar-refractivity contribution in [3.05, 3.63) is 18.2 Å². The molecule has 26 nitrogen and oxygen atoms in total. The van der Waals surface area contributed by atoms with Gasteiger partial charge >= 0.3 is 11.9 Å². The van der Waals surface area contributed by atoms with Crippen molar-refractivity contribution in [3.63, 3.8) is 0 Å². The number of unbranched alkanes of at least 4 members (excludes halogenated alkanes) is 1. The number of nitrogens with two attached hydrogens (primary N) is 3. The Morgan fingerprint density at radius 2 is 1.03 bits per heavy atom. The average molecular weight is 1040 g/mol. The molecule has 0 fully saturated rings. The van der Waals surface area contributed by atoms with Crippen LogP contribution in [0, 0.1) is 23.7 Å². The summed E-state index contributed by atoms with van der Waals surface area (Å²) in [6.45, 7) is 15.6. The molecule has 1 aromatic rings. The van der Waals surface area contributed by atoms with Crippen molar-refractivity contribution in [2.45, 2.75) is 181 Å². The van der Waals surface area contributed by atoms with Gasteiger partial charge in [0.1, 0.15) is 48.3 Å². The number of rotatable bonds is 35. The molecular weight excluding hydrogens is 955 g/mol. The quantitative estimate of drug-likeness (QED) is 0.0325. The van der Waals surface area contributed by atoms with Crippen LogP contribution >= 0.6 is 0 Å². The maximum atomic E-state index is 14.3. The molecule has 73 heavy (non-hydrogen) atoms. The van der Waals surface area contributed by atoms with Crippen LogP contribution in [-0.4, -0.2) is 146 Å². The zero-order valence-corrected chi connectivity index (χ0v) is 43.5. The number of carbonyl (C=O) groups excluding carboxylic acids is 9. The van der Waals surface area contributed by atoms with E-state index in [0.717, 1.165) is 6.92 Å². The molecule has 1 aromatic heterocycles. The highest BCUT2D eigenvalue weighted by Crippen LogP contribution is 2.14. The number of aromatic amines is 1. The van der Waals surface area contributed by atoms with Gasteiger partial charge < -0.3 is 74.9 Å². The molecule has 17 N–H and O–H groups in total. The summed E-state index contributed by atoms with van der Waals surface area (Å²) in [4.78, 5) is 152. The van der Waals surface area contributed by atoms with Crippen LogP contribution in [0.4, 0.5) is 0 Å². The SMILES string of the molecule is CC[C@H](C)[C@H](N)C(=O)N[C@@H](CC(C)C)C(=O)N[C@@H](CC(C)C)C(=O)N[C@@H](CC(N)=O)C(=O)N[C@@H](CCCCN)C(=O)N[C@@H](Cc1cnc[nH]1)C(=O)N[C@H](C(=O)N[C@@H](CC(=O)O)C(=O)N[C@@H](C)C(=O)O)[C@@H](C)CC. The summed E-state index contributed by atoms with van der Waals surface area (Å²) in [5.74, 6) is -12.1. The Balaban J connectivity index is 3.57. The van der Waals surface area contributed by atoms with Gasteiger partial charge in [0.15, 0.2) is 0 Å². The predicted molar refractivity (Wildman–Crippen MR) is 266 cm³/mol. The molecule has 0 radical (unpaired) electrons. The summed E-state index contributed by atoms with van der Waals surface area (Å²) in [5, 5.41) is 38.8. The number of carboxylic acids is 2. The van der Waals surface area contributed by atoms with Gasteiger partial charge in [-0.15, -0.1) is 0 Å². The number of aromatic nitrogens is 2. The minimum atomic E-state index is -1.75. The fraction of sp³-hybridized carbons (Fsp3) is 0.702. The van der Waals surface area contributed by atoms with E-state index in [0.29, 0.717) is 18.5 Å². The molecule has 1 heterocycles. The smallest absolute Gasteiger partial charge is 0.325 e. The number of hydrogen-bond acceptors (Lipinski definition) is 14. The number of imidazole rings is 1. The number of amides is 9. The maximum Gasteiger partial charge on any atom is 0.325 e. The van der Waals surface area contributed by atoms with Gasteiger partial charge in [0.05, 0.1) is 25.2 Å². The van der Waals surface area contributed by atoms with Crippen LogP contribution in [0.5, 0.6) is 0 Å². The van der Waals surface area contributed by atoms with Crippen molar-refractivity contribution < 1.29 is 63.0 Å².